The third kappa shape index (κ3) is 3.60. The second kappa shape index (κ2) is 7.72. The van der Waals surface area contributed by atoms with Gasteiger partial charge in [0.1, 0.15) is 23.4 Å². The van der Waals surface area contributed by atoms with Crippen LogP contribution in [0, 0.1) is 5.92 Å². The Labute approximate surface area is 179 Å². The number of halogens is 2. The normalized spacial score (nSPS) is 18.3. The van der Waals surface area contributed by atoms with E-state index in [1.54, 1.807) is 30.3 Å². The molecular weight excluding hydrogens is 464 g/mol. The second-order valence-corrected chi connectivity index (χ2v) is 8.01. The first-order chi connectivity index (χ1) is 13.9. The van der Waals surface area contributed by atoms with Crippen LogP contribution in [-0.4, -0.2) is 24.3 Å². The van der Waals surface area contributed by atoms with Gasteiger partial charge >= 0.3 is 5.97 Å². The number of para-hydroxylation sites is 1. The lowest BCUT2D eigenvalue weighted by molar-refractivity contribution is -0.150. The zero-order valence-electron chi connectivity index (χ0n) is 15.3. The minimum Gasteiger partial charge on any atom is -0.496 e. The number of benzene rings is 2. The highest BCUT2D eigenvalue weighted by molar-refractivity contribution is 9.10. The Bertz CT molecular complexity index is 1170. The van der Waals surface area contributed by atoms with E-state index in [1.165, 1.54) is 13.2 Å². The van der Waals surface area contributed by atoms with Gasteiger partial charge in [-0.15, -0.1) is 0 Å². The van der Waals surface area contributed by atoms with E-state index in [2.05, 4.69) is 15.9 Å². The highest BCUT2D eigenvalue weighted by Crippen LogP contribution is 2.42. The fourth-order valence-corrected chi connectivity index (χ4v) is 3.95. The van der Waals surface area contributed by atoms with Crippen LogP contribution in [0.2, 0.25) is 5.02 Å². The van der Waals surface area contributed by atoms with Crippen LogP contribution in [-0.2, 0) is 4.79 Å². The molecule has 1 N–H and O–H groups in total. The quantitative estimate of drug-likeness (QED) is 0.546. The summed E-state index contributed by atoms with van der Waals surface area (Å²) in [6, 6.07) is 9.71. The summed E-state index contributed by atoms with van der Waals surface area (Å²) in [5.74, 6) is -0.236. The molecule has 2 unspecified atom stereocenters. The summed E-state index contributed by atoms with van der Waals surface area (Å²) in [4.78, 5) is 23.8. The van der Waals surface area contributed by atoms with E-state index >= 15 is 0 Å². The van der Waals surface area contributed by atoms with Gasteiger partial charge in [-0.2, -0.15) is 0 Å². The van der Waals surface area contributed by atoms with E-state index in [1.807, 2.05) is 0 Å². The maximum absolute atomic E-state index is 12.6. The predicted octanol–water partition coefficient (Wildman–Crippen LogP) is 5.13. The summed E-state index contributed by atoms with van der Waals surface area (Å²) >= 11 is 9.64. The molecule has 1 saturated carbocycles. The van der Waals surface area contributed by atoms with Crippen molar-refractivity contribution in [1.29, 1.82) is 0 Å². The van der Waals surface area contributed by atoms with E-state index in [0.717, 1.165) is 0 Å². The van der Waals surface area contributed by atoms with Crippen LogP contribution in [0.1, 0.15) is 12.8 Å². The average molecular weight is 480 g/mol. The monoisotopic (exact) mass is 478 g/mol. The summed E-state index contributed by atoms with van der Waals surface area (Å²) in [5, 5.41) is 9.96. The predicted molar refractivity (Wildman–Crippen MR) is 112 cm³/mol. The smallest absolute Gasteiger partial charge is 0.310 e. The first-order valence-corrected chi connectivity index (χ1v) is 10.1. The van der Waals surface area contributed by atoms with Gasteiger partial charge in [-0.3, -0.25) is 9.59 Å². The number of carbonyl (C=O) groups is 1. The molecule has 1 fully saturated rings. The van der Waals surface area contributed by atoms with Crippen molar-refractivity contribution in [3.63, 3.8) is 0 Å². The number of fused-ring (bicyclic) bond motifs is 1. The first kappa shape index (κ1) is 19.8. The Balaban J connectivity index is 1.81. The van der Waals surface area contributed by atoms with E-state index in [-0.39, 0.29) is 16.8 Å². The number of carboxylic acid groups (broad SMARTS) is 1. The van der Waals surface area contributed by atoms with E-state index in [0.29, 0.717) is 44.8 Å². The molecule has 1 aliphatic rings. The van der Waals surface area contributed by atoms with Crippen molar-refractivity contribution >= 4 is 44.5 Å². The summed E-state index contributed by atoms with van der Waals surface area (Å²) in [5.41, 5.74) is 0.547. The molecule has 1 aromatic heterocycles. The summed E-state index contributed by atoms with van der Waals surface area (Å²) in [7, 11) is 1.50. The molecule has 0 aliphatic heterocycles. The molecule has 0 amide bonds. The summed E-state index contributed by atoms with van der Waals surface area (Å²) < 4.78 is 17.9. The van der Waals surface area contributed by atoms with Gasteiger partial charge in [-0.1, -0.05) is 17.7 Å². The second-order valence-electron chi connectivity index (χ2n) is 6.75. The van der Waals surface area contributed by atoms with Crippen molar-refractivity contribution in [1.82, 2.24) is 0 Å². The van der Waals surface area contributed by atoms with Crippen LogP contribution in [0.15, 0.2) is 50.1 Å². The molecule has 150 valence electrons. The number of aliphatic carboxylic acids is 1. The van der Waals surface area contributed by atoms with Gasteiger partial charge in [0.15, 0.2) is 11.0 Å². The number of hydrogen-bond donors (Lipinski definition) is 1. The number of methoxy groups -OCH3 is 1. The third-order valence-corrected chi connectivity index (χ3v) is 5.95. The van der Waals surface area contributed by atoms with Gasteiger partial charge in [0, 0.05) is 6.07 Å². The molecule has 6 nitrogen and oxygen atoms in total. The number of rotatable bonds is 5. The van der Waals surface area contributed by atoms with Crippen LogP contribution in [0.3, 0.4) is 0 Å². The summed E-state index contributed by atoms with van der Waals surface area (Å²) in [6.07, 6.45) is 0.826. The highest BCUT2D eigenvalue weighted by atomic mass is 79.9. The molecule has 2 aromatic carbocycles. The van der Waals surface area contributed by atoms with E-state index in [4.69, 9.17) is 25.5 Å². The van der Waals surface area contributed by atoms with E-state index < -0.39 is 18.0 Å². The minimum atomic E-state index is -0.874. The number of hydrogen-bond acceptors (Lipinski definition) is 5. The molecule has 0 saturated heterocycles. The lowest BCUT2D eigenvalue weighted by atomic mass is 9.82. The fraction of sp³-hybridized carbons (Fsp3) is 0.238. The average Bonchev–Trinajstić information content (AvgIpc) is 2.66. The van der Waals surface area contributed by atoms with Gasteiger partial charge in [0.05, 0.1) is 33.5 Å². The summed E-state index contributed by atoms with van der Waals surface area (Å²) in [6.45, 7) is 0. The molecule has 29 heavy (non-hydrogen) atoms. The van der Waals surface area contributed by atoms with Crippen LogP contribution in [0.5, 0.6) is 11.5 Å². The Hall–Kier alpha value is -2.51. The highest BCUT2D eigenvalue weighted by Gasteiger charge is 2.39. The van der Waals surface area contributed by atoms with Crippen LogP contribution in [0.4, 0.5) is 0 Å². The third-order valence-electron chi connectivity index (χ3n) is 5.03. The molecule has 3 aromatic rings. The van der Waals surface area contributed by atoms with E-state index in [9.17, 15) is 14.7 Å². The number of ether oxygens (including phenoxy) is 2. The van der Waals surface area contributed by atoms with Gasteiger partial charge in [0.2, 0.25) is 0 Å². The molecule has 2 atom stereocenters. The molecule has 0 spiro atoms. The Morgan fingerprint density at radius 3 is 2.69 bits per heavy atom. The maximum Gasteiger partial charge on any atom is 0.310 e. The molecular formula is C21H16BrClO6. The molecule has 0 radical (unpaired) electrons. The van der Waals surface area contributed by atoms with Crippen molar-refractivity contribution in [3.05, 3.63) is 56.1 Å². The standard InChI is InChI=1S/C21H16BrClO6/c1-27-17-8-13(22)19(28-16-6-5-11(16)21(25)26)7-12(17)18-9-15(24)10-3-2-4-14(23)20(10)29-18/h2-4,7-9,11,16H,5-6H2,1H3,(H,25,26). The topological polar surface area (TPSA) is 86.0 Å². The van der Waals surface area contributed by atoms with Gasteiger partial charge < -0.3 is 19.0 Å². The van der Waals surface area contributed by atoms with Crippen molar-refractivity contribution in [3.8, 4) is 22.8 Å². The minimum absolute atomic E-state index is 0.235. The molecule has 1 heterocycles. The molecule has 0 bridgehead atoms. The van der Waals surface area contributed by atoms with Crippen LogP contribution >= 0.6 is 27.5 Å². The van der Waals surface area contributed by atoms with Crippen molar-refractivity contribution in [2.45, 2.75) is 18.9 Å². The Morgan fingerprint density at radius 1 is 1.24 bits per heavy atom. The van der Waals surface area contributed by atoms with Crippen molar-refractivity contribution in [2.75, 3.05) is 7.11 Å². The SMILES string of the molecule is COc1cc(Br)c(OC2CCC2C(=O)O)cc1-c1cc(=O)c2cccc(Cl)c2o1. The lowest BCUT2D eigenvalue weighted by Gasteiger charge is -2.33. The van der Waals surface area contributed by atoms with Crippen molar-refractivity contribution in [2.24, 2.45) is 5.92 Å². The van der Waals surface area contributed by atoms with Gasteiger partial charge in [-0.05, 0) is 53.0 Å². The Kier molecular flexibility index (Phi) is 5.27. The van der Waals surface area contributed by atoms with Crippen molar-refractivity contribution < 1.29 is 23.8 Å². The molecule has 8 heteroatoms. The van der Waals surface area contributed by atoms with Crippen LogP contribution < -0.4 is 14.9 Å². The number of carboxylic acids is 1. The zero-order chi connectivity index (χ0) is 20.7. The Morgan fingerprint density at radius 2 is 2.03 bits per heavy atom. The largest absolute Gasteiger partial charge is 0.496 e. The zero-order valence-corrected chi connectivity index (χ0v) is 17.6. The molecule has 1 aliphatic carbocycles. The maximum atomic E-state index is 12.6. The van der Waals surface area contributed by atoms with Gasteiger partial charge in [-0.25, -0.2) is 0 Å². The first-order valence-electron chi connectivity index (χ1n) is 8.88. The molecule has 4 rings (SSSR count). The fourth-order valence-electron chi connectivity index (χ4n) is 3.32. The van der Waals surface area contributed by atoms with Crippen LogP contribution in [0.25, 0.3) is 22.3 Å². The van der Waals surface area contributed by atoms with Gasteiger partial charge in [0.25, 0.3) is 0 Å². The lowest BCUT2D eigenvalue weighted by Crippen LogP contribution is -2.41.